The van der Waals surface area contributed by atoms with E-state index in [1.165, 1.54) is 18.2 Å². The van der Waals surface area contributed by atoms with Crippen molar-refractivity contribution in [1.82, 2.24) is 0 Å². The summed E-state index contributed by atoms with van der Waals surface area (Å²) in [7, 11) is 0. The Balaban J connectivity index is 2.32. The molecule has 0 aliphatic rings. The molecule has 0 aliphatic heterocycles. The molecule has 0 radical (unpaired) electrons. The second-order valence-electron chi connectivity index (χ2n) is 3.92. The minimum Gasteiger partial charge on any atom is -0.396 e. The SMILES string of the molecule is N#Cc1ccc(C(O)c2ccc(F)c(N)c2)cc1. The lowest BCUT2D eigenvalue weighted by atomic mass is 10.00. The Morgan fingerprint density at radius 2 is 1.72 bits per heavy atom. The first-order chi connectivity index (χ1) is 8.61. The predicted molar refractivity (Wildman–Crippen MR) is 66.0 cm³/mol. The maximum Gasteiger partial charge on any atom is 0.146 e. The van der Waals surface area contributed by atoms with E-state index in [1.807, 2.05) is 6.07 Å². The van der Waals surface area contributed by atoms with Gasteiger partial charge in [-0.05, 0) is 35.4 Å². The summed E-state index contributed by atoms with van der Waals surface area (Å²) in [6, 6.07) is 12.6. The molecule has 0 aliphatic carbocycles. The van der Waals surface area contributed by atoms with E-state index in [0.717, 1.165) is 0 Å². The molecule has 0 aromatic heterocycles. The van der Waals surface area contributed by atoms with Crippen LogP contribution in [0.25, 0.3) is 0 Å². The number of hydrogen-bond donors (Lipinski definition) is 2. The summed E-state index contributed by atoms with van der Waals surface area (Å²) in [5.41, 5.74) is 7.11. The van der Waals surface area contributed by atoms with E-state index in [0.29, 0.717) is 16.7 Å². The van der Waals surface area contributed by atoms with E-state index in [1.54, 1.807) is 24.3 Å². The zero-order valence-corrected chi connectivity index (χ0v) is 9.47. The number of aliphatic hydroxyl groups is 1. The van der Waals surface area contributed by atoms with Crippen LogP contribution in [0.1, 0.15) is 22.8 Å². The second kappa shape index (κ2) is 4.86. The normalized spacial score (nSPS) is 11.8. The van der Waals surface area contributed by atoms with Gasteiger partial charge in [0.1, 0.15) is 11.9 Å². The second-order valence-corrected chi connectivity index (χ2v) is 3.92. The maximum atomic E-state index is 13.0. The Bertz CT molecular complexity index is 602. The van der Waals surface area contributed by atoms with Gasteiger partial charge in [0.2, 0.25) is 0 Å². The Morgan fingerprint density at radius 1 is 1.11 bits per heavy atom. The molecule has 2 aromatic carbocycles. The van der Waals surface area contributed by atoms with Crippen molar-refractivity contribution in [2.45, 2.75) is 6.10 Å². The first-order valence-corrected chi connectivity index (χ1v) is 5.35. The minimum atomic E-state index is -0.888. The van der Waals surface area contributed by atoms with Crippen molar-refractivity contribution in [3.63, 3.8) is 0 Å². The highest BCUT2D eigenvalue weighted by Gasteiger charge is 2.11. The third-order valence-corrected chi connectivity index (χ3v) is 2.69. The molecule has 4 heteroatoms. The van der Waals surface area contributed by atoms with Crippen molar-refractivity contribution in [2.24, 2.45) is 0 Å². The standard InChI is InChI=1S/C14H11FN2O/c15-12-6-5-11(7-13(12)17)14(18)10-3-1-9(8-16)2-4-10/h1-7,14,18H,17H2. The van der Waals surface area contributed by atoms with E-state index in [4.69, 9.17) is 11.0 Å². The van der Waals surface area contributed by atoms with Gasteiger partial charge in [0.15, 0.2) is 0 Å². The maximum absolute atomic E-state index is 13.0. The van der Waals surface area contributed by atoms with Gasteiger partial charge in [0.25, 0.3) is 0 Å². The summed E-state index contributed by atoms with van der Waals surface area (Å²) < 4.78 is 13.0. The minimum absolute atomic E-state index is 0.000181. The molecule has 0 saturated heterocycles. The highest BCUT2D eigenvalue weighted by molar-refractivity contribution is 5.45. The number of benzene rings is 2. The zero-order chi connectivity index (χ0) is 13.1. The molecule has 90 valence electrons. The first-order valence-electron chi connectivity index (χ1n) is 5.35. The number of nitrogens with two attached hydrogens (primary N) is 1. The van der Waals surface area contributed by atoms with E-state index in [-0.39, 0.29) is 5.69 Å². The van der Waals surface area contributed by atoms with Crippen LogP contribution in [-0.4, -0.2) is 5.11 Å². The van der Waals surface area contributed by atoms with Gasteiger partial charge in [-0.25, -0.2) is 4.39 Å². The van der Waals surface area contributed by atoms with Crippen LogP contribution in [0.4, 0.5) is 10.1 Å². The van der Waals surface area contributed by atoms with E-state index in [9.17, 15) is 9.50 Å². The van der Waals surface area contributed by atoms with Gasteiger partial charge in [0, 0.05) is 0 Å². The fraction of sp³-hybridized carbons (Fsp3) is 0.0714. The van der Waals surface area contributed by atoms with E-state index >= 15 is 0 Å². The van der Waals surface area contributed by atoms with E-state index in [2.05, 4.69) is 0 Å². The summed E-state index contributed by atoms with van der Waals surface area (Å²) in [4.78, 5) is 0. The molecule has 1 unspecified atom stereocenters. The molecule has 1 atom stereocenters. The molecule has 0 amide bonds. The predicted octanol–water partition coefficient (Wildman–Crippen LogP) is 2.36. The van der Waals surface area contributed by atoms with Crippen LogP contribution in [0.15, 0.2) is 42.5 Å². The van der Waals surface area contributed by atoms with Gasteiger partial charge in [-0.1, -0.05) is 18.2 Å². The number of anilines is 1. The van der Waals surface area contributed by atoms with Crippen molar-refractivity contribution >= 4 is 5.69 Å². The highest BCUT2D eigenvalue weighted by Crippen LogP contribution is 2.24. The van der Waals surface area contributed by atoms with Crippen LogP contribution in [0, 0.1) is 17.1 Å². The topological polar surface area (TPSA) is 70.0 Å². The number of rotatable bonds is 2. The fourth-order valence-electron chi connectivity index (χ4n) is 1.66. The lowest BCUT2D eigenvalue weighted by Gasteiger charge is -2.12. The summed E-state index contributed by atoms with van der Waals surface area (Å²) in [5, 5.41) is 18.8. The molecule has 0 bridgehead atoms. The van der Waals surface area contributed by atoms with Gasteiger partial charge >= 0.3 is 0 Å². The van der Waals surface area contributed by atoms with Crippen molar-refractivity contribution in [1.29, 1.82) is 5.26 Å². The molecular weight excluding hydrogens is 231 g/mol. The van der Waals surface area contributed by atoms with Gasteiger partial charge in [-0.3, -0.25) is 0 Å². The fourth-order valence-corrected chi connectivity index (χ4v) is 1.66. The average molecular weight is 242 g/mol. The van der Waals surface area contributed by atoms with Gasteiger partial charge in [0.05, 0.1) is 17.3 Å². The van der Waals surface area contributed by atoms with Crippen LogP contribution in [0.5, 0.6) is 0 Å². The molecule has 18 heavy (non-hydrogen) atoms. The van der Waals surface area contributed by atoms with Crippen LogP contribution < -0.4 is 5.73 Å². The number of aliphatic hydroxyl groups excluding tert-OH is 1. The molecule has 0 saturated carbocycles. The third-order valence-electron chi connectivity index (χ3n) is 2.69. The van der Waals surface area contributed by atoms with Gasteiger partial charge in [-0.2, -0.15) is 5.26 Å². The molecule has 0 fully saturated rings. The van der Waals surface area contributed by atoms with Crippen LogP contribution >= 0.6 is 0 Å². The molecule has 3 nitrogen and oxygen atoms in total. The molecule has 3 N–H and O–H groups in total. The molecule has 0 heterocycles. The summed E-state index contributed by atoms with van der Waals surface area (Å²) in [6.07, 6.45) is -0.888. The first kappa shape index (κ1) is 12.1. The van der Waals surface area contributed by atoms with Crippen molar-refractivity contribution in [3.8, 4) is 6.07 Å². The molecular formula is C14H11FN2O. The number of nitrogen functional groups attached to an aromatic ring is 1. The third kappa shape index (κ3) is 2.31. The molecule has 2 aromatic rings. The molecule has 2 rings (SSSR count). The summed E-state index contributed by atoms with van der Waals surface area (Å²) >= 11 is 0. The Hall–Kier alpha value is -2.38. The molecule has 0 spiro atoms. The largest absolute Gasteiger partial charge is 0.396 e. The highest BCUT2D eigenvalue weighted by atomic mass is 19.1. The Labute approximate surface area is 104 Å². The lowest BCUT2D eigenvalue weighted by Crippen LogP contribution is -2.01. The Morgan fingerprint density at radius 3 is 2.28 bits per heavy atom. The van der Waals surface area contributed by atoms with Crippen molar-refractivity contribution in [2.75, 3.05) is 5.73 Å². The Kier molecular flexibility index (Phi) is 3.26. The number of nitriles is 1. The summed E-state index contributed by atoms with van der Waals surface area (Å²) in [6.45, 7) is 0. The van der Waals surface area contributed by atoms with Crippen LogP contribution in [-0.2, 0) is 0 Å². The average Bonchev–Trinajstić information content (AvgIpc) is 2.41. The smallest absolute Gasteiger partial charge is 0.146 e. The van der Waals surface area contributed by atoms with Gasteiger partial charge in [-0.15, -0.1) is 0 Å². The summed E-state index contributed by atoms with van der Waals surface area (Å²) in [5.74, 6) is -0.509. The van der Waals surface area contributed by atoms with Crippen LogP contribution in [0.3, 0.4) is 0 Å². The zero-order valence-electron chi connectivity index (χ0n) is 9.47. The quantitative estimate of drug-likeness (QED) is 0.794. The number of hydrogen-bond acceptors (Lipinski definition) is 3. The van der Waals surface area contributed by atoms with Crippen LogP contribution in [0.2, 0.25) is 0 Å². The van der Waals surface area contributed by atoms with Crippen molar-refractivity contribution in [3.05, 3.63) is 65.0 Å². The van der Waals surface area contributed by atoms with E-state index < -0.39 is 11.9 Å². The number of nitrogens with zero attached hydrogens (tertiary/aromatic N) is 1. The van der Waals surface area contributed by atoms with Gasteiger partial charge < -0.3 is 10.8 Å². The monoisotopic (exact) mass is 242 g/mol. The number of halogens is 1. The lowest BCUT2D eigenvalue weighted by molar-refractivity contribution is 0.220. The van der Waals surface area contributed by atoms with Crippen molar-refractivity contribution < 1.29 is 9.50 Å².